The number of benzene rings is 1. The highest BCUT2D eigenvalue weighted by Crippen LogP contribution is 2.17. The van der Waals surface area contributed by atoms with Crippen molar-refractivity contribution in [1.82, 2.24) is 5.32 Å². The molecule has 0 fully saturated rings. The van der Waals surface area contributed by atoms with E-state index in [1.807, 2.05) is 42.6 Å². The van der Waals surface area contributed by atoms with E-state index in [2.05, 4.69) is 10.6 Å². The van der Waals surface area contributed by atoms with Gasteiger partial charge < -0.3 is 10.6 Å². The lowest BCUT2D eigenvalue weighted by Crippen LogP contribution is -2.26. The average molecular weight is 358 g/mol. The van der Waals surface area contributed by atoms with Crippen LogP contribution in [0.3, 0.4) is 0 Å². The topological polar surface area (TPSA) is 75.3 Å². The molecule has 25 heavy (non-hydrogen) atoms. The minimum Gasteiger partial charge on any atom is -0.350 e. The number of ketones is 1. The zero-order chi connectivity index (χ0) is 18.2. The fourth-order valence-electron chi connectivity index (χ4n) is 2.29. The molecule has 0 aliphatic rings. The van der Waals surface area contributed by atoms with Crippen molar-refractivity contribution >= 4 is 34.6 Å². The molecule has 5 nitrogen and oxygen atoms in total. The van der Waals surface area contributed by atoms with Gasteiger partial charge in [0.15, 0.2) is 5.78 Å². The van der Waals surface area contributed by atoms with Crippen LogP contribution in [0.5, 0.6) is 0 Å². The minimum atomic E-state index is -0.166. The first kappa shape index (κ1) is 18.9. The number of carbonyl (C=O) groups excluding carboxylic acids is 3. The molecule has 0 aliphatic carbocycles. The van der Waals surface area contributed by atoms with Crippen molar-refractivity contribution in [1.29, 1.82) is 0 Å². The SMILES string of the molecule is CCC(=O)Nc1ccc(C(C)NC(=O)CCC(=O)c2cccs2)cc1. The summed E-state index contributed by atoms with van der Waals surface area (Å²) in [6.45, 7) is 3.68. The number of Topliss-reactive ketones (excluding diaryl/α,β-unsaturated/α-hetero) is 1. The number of anilines is 1. The van der Waals surface area contributed by atoms with E-state index < -0.39 is 0 Å². The van der Waals surface area contributed by atoms with Crippen LogP contribution in [-0.2, 0) is 9.59 Å². The van der Waals surface area contributed by atoms with Gasteiger partial charge in [-0.25, -0.2) is 0 Å². The second-order valence-electron chi connectivity index (χ2n) is 5.71. The summed E-state index contributed by atoms with van der Waals surface area (Å²) < 4.78 is 0. The molecule has 1 aromatic heterocycles. The lowest BCUT2D eigenvalue weighted by Gasteiger charge is -2.15. The lowest BCUT2D eigenvalue weighted by molar-refractivity contribution is -0.121. The third-order valence-corrected chi connectivity index (χ3v) is 4.68. The highest BCUT2D eigenvalue weighted by Gasteiger charge is 2.13. The van der Waals surface area contributed by atoms with Crippen LogP contribution in [0.1, 0.15) is 54.4 Å². The molecule has 1 aromatic carbocycles. The van der Waals surface area contributed by atoms with E-state index >= 15 is 0 Å². The summed E-state index contributed by atoms with van der Waals surface area (Å²) in [7, 11) is 0. The fraction of sp³-hybridized carbons (Fsp3) is 0.316. The van der Waals surface area contributed by atoms with Crippen molar-refractivity contribution in [2.75, 3.05) is 5.32 Å². The number of carbonyl (C=O) groups is 3. The Morgan fingerprint density at radius 3 is 2.36 bits per heavy atom. The Balaban J connectivity index is 1.82. The molecule has 0 aliphatic heterocycles. The summed E-state index contributed by atoms with van der Waals surface area (Å²) >= 11 is 1.39. The second-order valence-corrected chi connectivity index (χ2v) is 6.66. The molecular formula is C19H22N2O3S. The van der Waals surface area contributed by atoms with Crippen LogP contribution in [-0.4, -0.2) is 17.6 Å². The predicted molar refractivity (Wildman–Crippen MR) is 99.8 cm³/mol. The summed E-state index contributed by atoms with van der Waals surface area (Å²) in [5, 5.41) is 7.52. The monoisotopic (exact) mass is 358 g/mol. The van der Waals surface area contributed by atoms with Gasteiger partial charge in [-0.1, -0.05) is 25.1 Å². The Kier molecular flexibility index (Phi) is 6.89. The molecule has 1 unspecified atom stereocenters. The van der Waals surface area contributed by atoms with Crippen molar-refractivity contribution in [3.05, 3.63) is 52.2 Å². The van der Waals surface area contributed by atoms with E-state index in [-0.39, 0.29) is 36.5 Å². The van der Waals surface area contributed by atoms with E-state index in [1.165, 1.54) is 11.3 Å². The van der Waals surface area contributed by atoms with Gasteiger partial charge in [0.1, 0.15) is 0 Å². The molecule has 0 spiro atoms. The van der Waals surface area contributed by atoms with Gasteiger partial charge in [0.25, 0.3) is 0 Å². The average Bonchev–Trinajstić information content (AvgIpc) is 3.14. The molecule has 0 radical (unpaired) electrons. The van der Waals surface area contributed by atoms with Gasteiger partial charge in [-0.15, -0.1) is 11.3 Å². The maximum absolute atomic E-state index is 12.0. The van der Waals surface area contributed by atoms with Crippen LogP contribution in [0.4, 0.5) is 5.69 Å². The van der Waals surface area contributed by atoms with E-state index in [9.17, 15) is 14.4 Å². The molecule has 2 N–H and O–H groups in total. The molecule has 2 rings (SSSR count). The van der Waals surface area contributed by atoms with Crippen LogP contribution < -0.4 is 10.6 Å². The molecule has 1 heterocycles. The van der Waals surface area contributed by atoms with Crippen LogP contribution in [0.15, 0.2) is 41.8 Å². The van der Waals surface area contributed by atoms with Gasteiger partial charge in [-0.3, -0.25) is 14.4 Å². The quantitative estimate of drug-likeness (QED) is 0.702. The van der Waals surface area contributed by atoms with Gasteiger partial charge in [0.2, 0.25) is 11.8 Å². The predicted octanol–water partition coefficient (Wildman–Crippen LogP) is 3.94. The summed E-state index contributed by atoms with van der Waals surface area (Å²) in [6.07, 6.45) is 0.811. The summed E-state index contributed by atoms with van der Waals surface area (Å²) in [5.74, 6) is -0.195. The number of rotatable bonds is 8. The number of thiophene rings is 1. The Labute approximate surface area is 151 Å². The fourth-order valence-corrected chi connectivity index (χ4v) is 2.98. The molecular weight excluding hydrogens is 336 g/mol. The van der Waals surface area contributed by atoms with Crippen LogP contribution in [0, 0.1) is 0 Å². The van der Waals surface area contributed by atoms with Crippen LogP contribution in [0.25, 0.3) is 0 Å². The minimum absolute atomic E-state index is 0.00572. The van der Waals surface area contributed by atoms with Gasteiger partial charge >= 0.3 is 0 Å². The van der Waals surface area contributed by atoms with Crippen molar-refractivity contribution < 1.29 is 14.4 Å². The number of nitrogens with one attached hydrogen (secondary N) is 2. The third-order valence-electron chi connectivity index (χ3n) is 3.77. The van der Waals surface area contributed by atoms with Gasteiger partial charge in [0.05, 0.1) is 10.9 Å². The molecule has 132 valence electrons. The zero-order valence-corrected chi connectivity index (χ0v) is 15.2. The maximum Gasteiger partial charge on any atom is 0.224 e. The Morgan fingerprint density at radius 2 is 1.76 bits per heavy atom. The normalized spacial score (nSPS) is 11.6. The molecule has 0 bridgehead atoms. The smallest absolute Gasteiger partial charge is 0.224 e. The van der Waals surface area contributed by atoms with Gasteiger partial charge in [0, 0.05) is 24.9 Å². The standard InChI is InChI=1S/C19H22N2O3S/c1-3-18(23)21-15-8-6-14(7-9-15)13(2)20-19(24)11-10-16(22)17-5-4-12-25-17/h4-9,12-13H,3,10-11H2,1-2H3,(H,20,24)(H,21,23). The number of hydrogen-bond acceptors (Lipinski definition) is 4. The molecule has 0 saturated carbocycles. The van der Waals surface area contributed by atoms with Gasteiger partial charge in [-0.05, 0) is 36.1 Å². The van der Waals surface area contributed by atoms with E-state index in [1.54, 1.807) is 13.0 Å². The maximum atomic E-state index is 12.0. The zero-order valence-electron chi connectivity index (χ0n) is 14.4. The van der Waals surface area contributed by atoms with Gasteiger partial charge in [-0.2, -0.15) is 0 Å². The van der Waals surface area contributed by atoms with Crippen LogP contribution in [0.2, 0.25) is 0 Å². The molecule has 6 heteroatoms. The van der Waals surface area contributed by atoms with E-state index in [0.29, 0.717) is 11.3 Å². The van der Waals surface area contributed by atoms with Crippen molar-refractivity contribution in [2.45, 2.75) is 39.2 Å². The largest absolute Gasteiger partial charge is 0.350 e. The Bertz CT molecular complexity index is 724. The van der Waals surface area contributed by atoms with Crippen molar-refractivity contribution in [2.24, 2.45) is 0 Å². The first-order valence-corrected chi connectivity index (χ1v) is 9.13. The Morgan fingerprint density at radius 1 is 1.04 bits per heavy atom. The Hall–Kier alpha value is -2.47. The second kappa shape index (κ2) is 9.13. The summed E-state index contributed by atoms with van der Waals surface area (Å²) in [5.41, 5.74) is 1.67. The molecule has 2 amide bonds. The lowest BCUT2D eigenvalue weighted by atomic mass is 10.1. The van der Waals surface area contributed by atoms with Crippen molar-refractivity contribution in [3.63, 3.8) is 0 Å². The van der Waals surface area contributed by atoms with E-state index in [0.717, 1.165) is 11.3 Å². The first-order chi connectivity index (χ1) is 12.0. The molecule has 2 aromatic rings. The third kappa shape index (κ3) is 5.83. The number of amides is 2. The summed E-state index contributed by atoms with van der Waals surface area (Å²) in [6, 6.07) is 10.8. The number of hydrogen-bond donors (Lipinski definition) is 2. The van der Waals surface area contributed by atoms with E-state index in [4.69, 9.17) is 0 Å². The van der Waals surface area contributed by atoms with Crippen molar-refractivity contribution in [3.8, 4) is 0 Å². The van der Waals surface area contributed by atoms with Crippen LogP contribution >= 0.6 is 11.3 Å². The highest BCUT2D eigenvalue weighted by atomic mass is 32.1. The molecule has 1 atom stereocenters. The first-order valence-electron chi connectivity index (χ1n) is 8.25. The highest BCUT2D eigenvalue weighted by molar-refractivity contribution is 7.12. The summed E-state index contributed by atoms with van der Waals surface area (Å²) in [4.78, 5) is 36.0. The molecule has 0 saturated heterocycles.